The normalized spacial score (nSPS) is 11.7. The number of carbonyl (C=O) groups is 1. The maximum Gasteiger partial charge on any atom is 0.328 e. The SMILES string of the molecule is COc1ccc(S(=O)(=O)Nc2ccc(C(=CC(=O)O)c3ccccc3)cc2)cc1. The average molecular weight is 409 g/mol. The van der Waals surface area contributed by atoms with Crippen molar-refractivity contribution in [2.24, 2.45) is 0 Å². The molecular formula is C22H19NO5S. The maximum atomic E-state index is 12.5. The lowest BCUT2D eigenvalue weighted by atomic mass is 9.97. The van der Waals surface area contributed by atoms with Crippen LogP contribution in [0, 0.1) is 0 Å². The van der Waals surface area contributed by atoms with E-state index in [4.69, 9.17) is 4.74 Å². The first kappa shape index (κ1) is 20.2. The summed E-state index contributed by atoms with van der Waals surface area (Å²) in [6, 6.07) is 21.7. The Morgan fingerprint density at radius 1 is 0.897 bits per heavy atom. The number of anilines is 1. The van der Waals surface area contributed by atoms with Gasteiger partial charge in [-0.25, -0.2) is 13.2 Å². The Balaban J connectivity index is 1.86. The molecule has 6 nitrogen and oxygen atoms in total. The van der Waals surface area contributed by atoms with Crippen molar-refractivity contribution in [2.75, 3.05) is 11.8 Å². The highest BCUT2D eigenvalue weighted by Crippen LogP contribution is 2.26. The number of carboxylic acid groups (broad SMARTS) is 1. The third-order valence-corrected chi connectivity index (χ3v) is 5.57. The molecule has 0 saturated carbocycles. The van der Waals surface area contributed by atoms with E-state index in [1.54, 1.807) is 36.4 Å². The molecule has 0 fully saturated rings. The zero-order valence-electron chi connectivity index (χ0n) is 15.6. The van der Waals surface area contributed by atoms with E-state index in [0.29, 0.717) is 22.6 Å². The topological polar surface area (TPSA) is 92.7 Å². The van der Waals surface area contributed by atoms with Crippen molar-refractivity contribution in [1.82, 2.24) is 0 Å². The van der Waals surface area contributed by atoms with E-state index >= 15 is 0 Å². The first-order valence-corrected chi connectivity index (χ1v) is 10.1. The number of benzene rings is 3. The first-order chi connectivity index (χ1) is 13.9. The van der Waals surface area contributed by atoms with Gasteiger partial charge in [0.1, 0.15) is 5.75 Å². The van der Waals surface area contributed by atoms with E-state index in [-0.39, 0.29) is 4.90 Å². The zero-order chi connectivity index (χ0) is 20.9. The van der Waals surface area contributed by atoms with Crippen molar-refractivity contribution in [2.45, 2.75) is 4.90 Å². The largest absolute Gasteiger partial charge is 0.497 e. The van der Waals surface area contributed by atoms with Crippen LogP contribution in [0.5, 0.6) is 5.75 Å². The maximum absolute atomic E-state index is 12.5. The predicted molar refractivity (Wildman–Crippen MR) is 111 cm³/mol. The monoisotopic (exact) mass is 409 g/mol. The molecule has 3 rings (SSSR count). The van der Waals surface area contributed by atoms with Gasteiger partial charge in [-0.15, -0.1) is 0 Å². The van der Waals surface area contributed by atoms with Gasteiger partial charge < -0.3 is 9.84 Å². The minimum Gasteiger partial charge on any atom is -0.497 e. The molecule has 148 valence electrons. The van der Waals surface area contributed by atoms with Gasteiger partial charge >= 0.3 is 5.97 Å². The highest BCUT2D eigenvalue weighted by molar-refractivity contribution is 7.92. The van der Waals surface area contributed by atoms with Crippen LogP contribution in [0.3, 0.4) is 0 Å². The fourth-order valence-electron chi connectivity index (χ4n) is 2.76. The summed E-state index contributed by atoms with van der Waals surface area (Å²) in [4.78, 5) is 11.3. The fourth-order valence-corrected chi connectivity index (χ4v) is 3.82. The lowest BCUT2D eigenvalue weighted by Crippen LogP contribution is -2.12. The second-order valence-corrected chi connectivity index (χ2v) is 7.80. The summed E-state index contributed by atoms with van der Waals surface area (Å²) >= 11 is 0. The Labute approximate surface area is 169 Å². The van der Waals surface area contributed by atoms with Gasteiger partial charge in [-0.3, -0.25) is 4.72 Å². The van der Waals surface area contributed by atoms with Crippen LogP contribution < -0.4 is 9.46 Å². The molecule has 0 aliphatic rings. The van der Waals surface area contributed by atoms with Crippen LogP contribution in [0.25, 0.3) is 5.57 Å². The molecule has 0 spiro atoms. The Kier molecular flexibility index (Phi) is 5.99. The van der Waals surface area contributed by atoms with E-state index in [1.165, 1.54) is 19.2 Å². The summed E-state index contributed by atoms with van der Waals surface area (Å²) in [5.41, 5.74) is 2.31. The minimum absolute atomic E-state index is 0.109. The van der Waals surface area contributed by atoms with Crippen molar-refractivity contribution in [3.05, 3.63) is 96.1 Å². The molecule has 0 unspecified atom stereocenters. The summed E-state index contributed by atoms with van der Waals surface area (Å²) < 4.78 is 32.6. The number of aliphatic carboxylic acids is 1. The Morgan fingerprint density at radius 2 is 1.48 bits per heavy atom. The molecule has 7 heteroatoms. The Bertz CT molecular complexity index is 1120. The smallest absolute Gasteiger partial charge is 0.328 e. The standard InChI is InChI=1S/C22H19NO5S/c1-28-19-11-13-20(14-12-19)29(26,27)23-18-9-7-17(8-10-18)21(15-22(24)25)16-5-3-2-4-6-16/h2-15,23H,1H3,(H,24,25). The number of hydrogen-bond acceptors (Lipinski definition) is 4. The molecule has 0 amide bonds. The summed E-state index contributed by atoms with van der Waals surface area (Å²) in [6.45, 7) is 0. The molecule has 0 heterocycles. The second kappa shape index (κ2) is 8.62. The molecule has 0 aliphatic carbocycles. The molecular weight excluding hydrogens is 390 g/mol. The fraction of sp³-hybridized carbons (Fsp3) is 0.0455. The van der Waals surface area contributed by atoms with Gasteiger partial charge in [0.25, 0.3) is 10.0 Å². The number of nitrogens with one attached hydrogen (secondary N) is 1. The number of sulfonamides is 1. The van der Waals surface area contributed by atoms with Gasteiger partial charge in [-0.05, 0) is 53.1 Å². The lowest BCUT2D eigenvalue weighted by Gasteiger charge is -2.11. The quantitative estimate of drug-likeness (QED) is 0.575. The van der Waals surface area contributed by atoms with Crippen LogP contribution in [0.2, 0.25) is 0 Å². The van der Waals surface area contributed by atoms with Crippen LogP contribution in [0.15, 0.2) is 89.8 Å². The van der Waals surface area contributed by atoms with Gasteiger partial charge in [0, 0.05) is 11.8 Å². The third-order valence-electron chi connectivity index (χ3n) is 4.17. The van der Waals surface area contributed by atoms with Gasteiger partial charge in [0.15, 0.2) is 0 Å². The number of carboxylic acids is 1. The Morgan fingerprint density at radius 3 is 2.03 bits per heavy atom. The van der Waals surface area contributed by atoms with Crippen molar-refractivity contribution in [3.8, 4) is 5.75 Å². The van der Waals surface area contributed by atoms with Crippen LogP contribution in [-0.4, -0.2) is 26.6 Å². The predicted octanol–water partition coefficient (Wildman–Crippen LogP) is 4.01. The van der Waals surface area contributed by atoms with Crippen molar-refractivity contribution in [1.29, 1.82) is 0 Å². The average Bonchev–Trinajstić information content (AvgIpc) is 2.73. The summed E-state index contributed by atoms with van der Waals surface area (Å²) in [5, 5.41) is 9.20. The highest BCUT2D eigenvalue weighted by atomic mass is 32.2. The minimum atomic E-state index is -3.76. The van der Waals surface area contributed by atoms with E-state index in [2.05, 4.69) is 4.72 Å². The number of rotatable bonds is 7. The van der Waals surface area contributed by atoms with E-state index in [9.17, 15) is 18.3 Å². The molecule has 29 heavy (non-hydrogen) atoms. The van der Waals surface area contributed by atoms with Crippen LogP contribution >= 0.6 is 0 Å². The summed E-state index contributed by atoms with van der Waals surface area (Å²) in [7, 11) is -2.25. The van der Waals surface area contributed by atoms with Gasteiger partial charge in [0.2, 0.25) is 0 Å². The van der Waals surface area contributed by atoms with Crippen LogP contribution in [0.1, 0.15) is 11.1 Å². The second-order valence-electron chi connectivity index (χ2n) is 6.12. The van der Waals surface area contributed by atoms with Gasteiger partial charge in [-0.2, -0.15) is 0 Å². The molecule has 2 N–H and O–H groups in total. The zero-order valence-corrected chi connectivity index (χ0v) is 16.4. The highest BCUT2D eigenvalue weighted by Gasteiger charge is 2.15. The number of ether oxygens (including phenoxy) is 1. The van der Waals surface area contributed by atoms with E-state index in [1.807, 2.05) is 30.3 Å². The molecule has 0 atom stereocenters. The van der Waals surface area contributed by atoms with Crippen LogP contribution in [0.4, 0.5) is 5.69 Å². The molecule has 3 aromatic carbocycles. The molecule has 0 aliphatic heterocycles. The molecule has 3 aromatic rings. The first-order valence-electron chi connectivity index (χ1n) is 8.66. The molecule has 0 aromatic heterocycles. The number of methoxy groups -OCH3 is 1. The van der Waals surface area contributed by atoms with E-state index < -0.39 is 16.0 Å². The molecule has 0 radical (unpaired) electrons. The summed E-state index contributed by atoms with van der Waals surface area (Å²) in [5.74, 6) is -0.500. The third kappa shape index (κ3) is 5.03. The van der Waals surface area contributed by atoms with Crippen molar-refractivity contribution >= 4 is 27.3 Å². The van der Waals surface area contributed by atoms with Gasteiger partial charge in [0.05, 0.1) is 12.0 Å². The lowest BCUT2D eigenvalue weighted by molar-refractivity contribution is -0.131. The van der Waals surface area contributed by atoms with Gasteiger partial charge in [-0.1, -0.05) is 42.5 Å². The van der Waals surface area contributed by atoms with Crippen molar-refractivity contribution in [3.63, 3.8) is 0 Å². The molecule has 0 saturated heterocycles. The Hall–Kier alpha value is -3.58. The molecule has 0 bridgehead atoms. The van der Waals surface area contributed by atoms with Crippen LogP contribution in [-0.2, 0) is 14.8 Å². The summed E-state index contributed by atoms with van der Waals surface area (Å²) in [6.07, 6.45) is 1.13. The van der Waals surface area contributed by atoms with Crippen molar-refractivity contribution < 1.29 is 23.1 Å². The number of hydrogen-bond donors (Lipinski definition) is 2. The van der Waals surface area contributed by atoms with E-state index in [0.717, 1.165) is 11.6 Å².